The van der Waals surface area contributed by atoms with Gasteiger partial charge in [0.05, 0.1) is 6.10 Å². The first-order valence-electron chi connectivity index (χ1n) is 4.43. The Hall–Kier alpha value is -0.810. The van der Waals surface area contributed by atoms with Gasteiger partial charge < -0.3 is 15.6 Å². The average Bonchev–Trinajstić information content (AvgIpc) is 2.21. The van der Waals surface area contributed by atoms with Crippen LogP contribution >= 0.6 is 24.0 Å². The van der Waals surface area contributed by atoms with E-state index in [2.05, 4.69) is 0 Å². The van der Waals surface area contributed by atoms with Crippen molar-refractivity contribution in [1.82, 2.24) is 0 Å². The summed E-state index contributed by atoms with van der Waals surface area (Å²) < 4.78 is 5.11. The van der Waals surface area contributed by atoms with E-state index in [1.54, 1.807) is 24.3 Å². The van der Waals surface area contributed by atoms with Crippen LogP contribution in [0.2, 0.25) is 5.02 Å². The third-order valence-electron chi connectivity index (χ3n) is 1.87. The summed E-state index contributed by atoms with van der Waals surface area (Å²) in [5.41, 5.74) is 6.19. The Morgan fingerprint density at radius 3 is 2.62 bits per heavy atom. The molecule has 4 nitrogen and oxygen atoms in total. The zero-order valence-corrected chi connectivity index (χ0v) is 10.0. The summed E-state index contributed by atoms with van der Waals surface area (Å²) >= 11 is 5.93. The van der Waals surface area contributed by atoms with Crippen LogP contribution in [0.5, 0.6) is 0 Å². The molecule has 0 spiro atoms. The molecule has 0 aromatic heterocycles. The van der Waals surface area contributed by atoms with Crippen molar-refractivity contribution in [3.63, 3.8) is 0 Å². The summed E-state index contributed by atoms with van der Waals surface area (Å²) in [6.45, 7) is -0.190. The normalized spacial score (nSPS) is 11.6. The quantitative estimate of drug-likeness (QED) is 0.853. The van der Waals surface area contributed by atoms with Crippen molar-refractivity contribution in [3.05, 3.63) is 34.9 Å². The molecule has 1 rings (SSSR count). The summed E-state index contributed by atoms with van der Waals surface area (Å²) in [6, 6.07) is 7.07. The van der Waals surface area contributed by atoms with E-state index in [0.29, 0.717) is 10.6 Å². The maximum atomic E-state index is 10.3. The summed E-state index contributed by atoms with van der Waals surface area (Å²) in [4.78, 5) is 10.3. The Morgan fingerprint density at radius 1 is 1.50 bits per heavy atom. The van der Waals surface area contributed by atoms with Crippen molar-refractivity contribution < 1.29 is 14.6 Å². The van der Waals surface area contributed by atoms with Crippen LogP contribution in [0.15, 0.2) is 24.3 Å². The zero-order valence-electron chi connectivity index (χ0n) is 8.43. The van der Waals surface area contributed by atoms with Gasteiger partial charge in [-0.3, -0.25) is 0 Å². The van der Waals surface area contributed by atoms with Crippen LogP contribution in [0.25, 0.3) is 0 Å². The van der Waals surface area contributed by atoms with Crippen molar-refractivity contribution in [3.8, 4) is 0 Å². The number of carbonyl (C=O) groups is 1. The highest BCUT2D eigenvalue weighted by Gasteiger charge is 2.14. The molecule has 1 aromatic rings. The number of hydrogen-bond donors (Lipinski definition) is 2. The Balaban J connectivity index is 0.00000225. The van der Waals surface area contributed by atoms with Gasteiger partial charge in [-0.2, -0.15) is 0 Å². The van der Waals surface area contributed by atoms with Gasteiger partial charge in [0.15, 0.2) is 0 Å². The lowest BCUT2D eigenvalue weighted by atomic mass is 10.1. The summed E-state index contributed by atoms with van der Waals surface area (Å²) in [7, 11) is 0. The first kappa shape index (κ1) is 15.2. The van der Waals surface area contributed by atoms with Gasteiger partial charge in [0.25, 0.3) is 0 Å². The molecule has 90 valence electrons. The number of benzene rings is 1. The average molecular weight is 266 g/mol. The van der Waals surface area contributed by atoms with Crippen molar-refractivity contribution in [2.24, 2.45) is 5.73 Å². The van der Waals surface area contributed by atoms with E-state index in [4.69, 9.17) is 27.2 Å². The van der Waals surface area contributed by atoms with Gasteiger partial charge in [0.1, 0.15) is 6.61 Å². The standard InChI is InChI=1S/C10H12ClNO3.ClH/c11-8-4-2-1-3-7(8)9(5-12)15-6-10(13)14;/h1-4,9H,5-6,12H2,(H,13,14);1H. The molecule has 0 saturated carbocycles. The van der Waals surface area contributed by atoms with Crippen LogP contribution in [-0.4, -0.2) is 24.2 Å². The Bertz CT molecular complexity index is 347. The highest BCUT2D eigenvalue weighted by molar-refractivity contribution is 6.31. The lowest BCUT2D eigenvalue weighted by Gasteiger charge is -2.16. The molecule has 1 aromatic carbocycles. The predicted octanol–water partition coefficient (Wildman–Crippen LogP) is 1.86. The number of halogens is 2. The van der Waals surface area contributed by atoms with Gasteiger partial charge in [-0.25, -0.2) is 4.79 Å². The lowest BCUT2D eigenvalue weighted by molar-refractivity contribution is -0.144. The molecule has 6 heteroatoms. The molecule has 0 aliphatic carbocycles. The fourth-order valence-corrected chi connectivity index (χ4v) is 1.45. The van der Waals surface area contributed by atoms with E-state index in [1.165, 1.54) is 0 Å². The van der Waals surface area contributed by atoms with Crippen LogP contribution in [0, 0.1) is 0 Å². The fraction of sp³-hybridized carbons (Fsp3) is 0.300. The second-order valence-corrected chi connectivity index (χ2v) is 3.36. The first-order valence-corrected chi connectivity index (χ1v) is 4.81. The van der Waals surface area contributed by atoms with E-state index in [9.17, 15) is 4.79 Å². The van der Waals surface area contributed by atoms with Crippen molar-refractivity contribution in [2.75, 3.05) is 13.2 Å². The molecule has 0 radical (unpaired) electrons. The second-order valence-electron chi connectivity index (χ2n) is 2.95. The third kappa shape index (κ3) is 4.37. The largest absolute Gasteiger partial charge is 0.480 e. The van der Waals surface area contributed by atoms with Crippen LogP contribution in [0.4, 0.5) is 0 Å². The number of nitrogens with two attached hydrogens (primary N) is 1. The van der Waals surface area contributed by atoms with Crippen LogP contribution in [-0.2, 0) is 9.53 Å². The molecule has 0 aliphatic heterocycles. The van der Waals surface area contributed by atoms with Gasteiger partial charge in [-0.15, -0.1) is 12.4 Å². The maximum Gasteiger partial charge on any atom is 0.329 e. The van der Waals surface area contributed by atoms with Crippen LogP contribution < -0.4 is 5.73 Å². The maximum absolute atomic E-state index is 10.3. The Labute approximate surface area is 105 Å². The molecule has 0 fully saturated rings. The zero-order chi connectivity index (χ0) is 11.3. The van der Waals surface area contributed by atoms with Crippen molar-refractivity contribution >= 4 is 30.0 Å². The molecule has 3 N–H and O–H groups in total. The number of carboxylic acids is 1. The Kier molecular flexibility index (Phi) is 7.08. The molecule has 0 saturated heterocycles. The predicted molar refractivity (Wildman–Crippen MR) is 64.1 cm³/mol. The molecule has 1 atom stereocenters. The first-order chi connectivity index (χ1) is 7.15. The number of carboxylic acid groups (broad SMARTS) is 1. The van der Waals surface area contributed by atoms with Crippen molar-refractivity contribution in [2.45, 2.75) is 6.10 Å². The molecule has 0 amide bonds. The van der Waals surface area contributed by atoms with E-state index < -0.39 is 12.1 Å². The number of rotatable bonds is 5. The number of aliphatic carboxylic acids is 1. The Morgan fingerprint density at radius 2 is 2.12 bits per heavy atom. The number of hydrogen-bond acceptors (Lipinski definition) is 3. The van der Waals surface area contributed by atoms with Gasteiger partial charge in [-0.05, 0) is 6.07 Å². The topological polar surface area (TPSA) is 72.5 Å². The van der Waals surface area contributed by atoms with E-state index in [0.717, 1.165) is 0 Å². The van der Waals surface area contributed by atoms with Crippen molar-refractivity contribution in [1.29, 1.82) is 0 Å². The summed E-state index contributed by atoms with van der Waals surface area (Å²) in [6.07, 6.45) is -0.477. The van der Waals surface area contributed by atoms with Crippen LogP contribution in [0.1, 0.15) is 11.7 Å². The van der Waals surface area contributed by atoms with Gasteiger partial charge in [0.2, 0.25) is 0 Å². The van der Waals surface area contributed by atoms with Crippen LogP contribution in [0.3, 0.4) is 0 Å². The second kappa shape index (κ2) is 7.46. The molecule has 0 heterocycles. The fourth-order valence-electron chi connectivity index (χ4n) is 1.19. The number of ether oxygens (including phenoxy) is 1. The van der Waals surface area contributed by atoms with Gasteiger partial charge in [-0.1, -0.05) is 29.8 Å². The minimum atomic E-state index is -1.03. The summed E-state index contributed by atoms with van der Waals surface area (Å²) in [5, 5.41) is 9.00. The molecular formula is C10H13Cl2NO3. The minimum absolute atomic E-state index is 0. The monoisotopic (exact) mass is 265 g/mol. The summed E-state index contributed by atoms with van der Waals surface area (Å²) in [5.74, 6) is -1.03. The smallest absolute Gasteiger partial charge is 0.329 e. The molecule has 0 bridgehead atoms. The molecule has 16 heavy (non-hydrogen) atoms. The lowest BCUT2D eigenvalue weighted by Crippen LogP contribution is -2.19. The van der Waals surface area contributed by atoms with Gasteiger partial charge >= 0.3 is 5.97 Å². The third-order valence-corrected chi connectivity index (χ3v) is 2.22. The molecular weight excluding hydrogens is 253 g/mol. The minimum Gasteiger partial charge on any atom is -0.480 e. The van der Waals surface area contributed by atoms with E-state index in [1.807, 2.05) is 0 Å². The molecule has 0 aliphatic rings. The highest BCUT2D eigenvalue weighted by atomic mass is 35.5. The molecule has 1 unspecified atom stereocenters. The van der Waals surface area contributed by atoms with Gasteiger partial charge in [0, 0.05) is 17.1 Å². The highest BCUT2D eigenvalue weighted by Crippen LogP contribution is 2.24. The van der Waals surface area contributed by atoms with E-state index >= 15 is 0 Å². The van der Waals surface area contributed by atoms with E-state index in [-0.39, 0.29) is 25.6 Å². The SMILES string of the molecule is Cl.NCC(OCC(=O)O)c1ccccc1Cl.